The number of para-hydroxylation sites is 3. The van der Waals surface area contributed by atoms with Gasteiger partial charge in [-0.15, -0.1) is 10.2 Å². The van der Waals surface area contributed by atoms with Crippen LogP contribution in [0.4, 0.5) is 10.1 Å². The number of hydrogen-bond acceptors (Lipinski definition) is 6. The zero-order chi connectivity index (χ0) is 21.6. The van der Waals surface area contributed by atoms with Gasteiger partial charge in [-0.3, -0.25) is 4.79 Å². The number of anilines is 1. The van der Waals surface area contributed by atoms with Crippen LogP contribution < -0.4 is 15.9 Å². The van der Waals surface area contributed by atoms with E-state index in [2.05, 4.69) is 15.5 Å². The topological polar surface area (TPSA) is 95.1 Å². The lowest BCUT2D eigenvalue weighted by Gasteiger charge is -2.12. The number of nitrogens with two attached hydrogens (primary N) is 1. The van der Waals surface area contributed by atoms with Crippen molar-refractivity contribution in [1.29, 1.82) is 0 Å². The van der Waals surface area contributed by atoms with Crippen LogP contribution in [0, 0.1) is 5.82 Å². The predicted molar refractivity (Wildman–Crippen MR) is 118 cm³/mol. The number of halogens is 1. The monoisotopic (exact) mass is 435 g/mol. The van der Waals surface area contributed by atoms with Crippen molar-refractivity contribution >= 4 is 23.4 Å². The Hall–Kier alpha value is -3.85. The number of nitrogen functional groups attached to an aromatic ring is 1. The van der Waals surface area contributed by atoms with Gasteiger partial charge in [-0.05, 0) is 48.5 Å². The minimum absolute atomic E-state index is 0.0679. The van der Waals surface area contributed by atoms with Crippen LogP contribution in [0.5, 0.6) is 11.5 Å². The molecule has 0 spiro atoms. The molecule has 0 unspecified atom stereocenters. The summed E-state index contributed by atoms with van der Waals surface area (Å²) in [7, 11) is 0. The van der Waals surface area contributed by atoms with E-state index in [0.717, 1.165) is 11.8 Å². The fourth-order valence-electron chi connectivity index (χ4n) is 2.76. The molecule has 0 fully saturated rings. The minimum Gasteiger partial charge on any atom is -0.455 e. The third-order valence-corrected chi connectivity index (χ3v) is 5.17. The first kappa shape index (κ1) is 20.4. The number of hydrogen-bond donors (Lipinski definition) is 2. The molecule has 7 nitrogen and oxygen atoms in total. The van der Waals surface area contributed by atoms with E-state index in [1.165, 1.54) is 16.8 Å². The van der Waals surface area contributed by atoms with E-state index in [-0.39, 0.29) is 17.5 Å². The highest BCUT2D eigenvalue weighted by molar-refractivity contribution is 7.99. The smallest absolute Gasteiger partial charge is 0.234 e. The second-order valence-electron chi connectivity index (χ2n) is 6.43. The predicted octanol–water partition coefficient (Wildman–Crippen LogP) is 4.32. The number of rotatable bonds is 7. The van der Waals surface area contributed by atoms with Gasteiger partial charge in [-0.1, -0.05) is 42.1 Å². The number of ether oxygens (including phenoxy) is 1. The molecule has 0 aliphatic rings. The fourth-order valence-corrected chi connectivity index (χ4v) is 3.42. The van der Waals surface area contributed by atoms with Gasteiger partial charge in [0.05, 0.1) is 11.4 Å². The number of amides is 1. The zero-order valence-corrected chi connectivity index (χ0v) is 17.1. The van der Waals surface area contributed by atoms with Crippen LogP contribution in [-0.4, -0.2) is 26.5 Å². The number of nitrogens with zero attached hydrogens (tertiary/aromatic N) is 3. The van der Waals surface area contributed by atoms with Crippen molar-refractivity contribution in [3.63, 3.8) is 0 Å². The normalized spacial score (nSPS) is 10.6. The largest absolute Gasteiger partial charge is 0.455 e. The van der Waals surface area contributed by atoms with Crippen LogP contribution in [0.2, 0.25) is 0 Å². The third kappa shape index (κ3) is 5.01. The molecule has 31 heavy (non-hydrogen) atoms. The Balaban J connectivity index is 1.40. The number of aromatic nitrogens is 3. The van der Waals surface area contributed by atoms with Gasteiger partial charge in [0, 0.05) is 5.56 Å². The summed E-state index contributed by atoms with van der Waals surface area (Å²) in [6.07, 6.45) is 0. The third-order valence-electron chi connectivity index (χ3n) is 4.23. The van der Waals surface area contributed by atoms with E-state index in [1.54, 1.807) is 24.3 Å². The Morgan fingerprint density at radius 2 is 1.71 bits per heavy atom. The Kier molecular flexibility index (Phi) is 6.13. The molecular formula is C22H18FN5O2S. The van der Waals surface area contributed by atoms with Crippen molar-refractivity contribution in [1.82, 2.24) is 14.9 Å². The highest BCUT2D eigenvalue weighted by Crippen LogP contribution is 2.29. The summed E-state index contributed by atoms with van der Waals surface area (Å²) in [5, 5.41) is 11.3. The molecule has 0 aliphatic carbocycles. The summed E-state index contributed by atoms with van der Waals surface area (Å²) in [6.45, 7) is 0. The van der Waals surface area contributed by atoms with Crippen molar-refractivity contribution in [2.24, 2.45) is 0 Å². The van der Waals surface area contributed by atoms with E-state index in [4.69, 9.17) is 10.6 Å². The number of thioether (sulfide) groups is 1. The Bertz CT molecular complexity index is 1180. The van der Waals surface area contributed by atoms with Gasteiger partial charge in [0.15, 0.2) is 11.6 Å². The molecule has 0 atom stereocenters. The van der Waals surface area contributed by atoms with Gasteiger partial charge in [0.2, 0.25) is 11.1 Å². The molecule has 4 rings (SSSR count). The van der Waals surface area contributed by atoms with E-state index >= 15 is 0 Å². The highest BCUT2D eigenvalue weighted by atomic mass is 32.2. The summed E-state index contributed by atoms with van der Waals surface area (Å²) < 4.78 is 20.2. The molecule has 4 aromatic rings. The molecule has 3 N–H and O–H groups in total. The maximum atomic E-state index is 13.1. The molecule has 0 bridgehead atoms. The standard InChI is InChI=1S/C22H18FN5O2S/c23-16-12-10-15(11-13-16)21-26-27-22(28(21)24)31-14-20(29)25-18-8-4-5-9-19(18)30-17-6-2-1-3-7-17/h1-13H,14,24H2,(H,25,29). The van der Waals surface area contributed by atoms with Crippen LogP contribution in [0.3, 0.4) is 0 Å². The van der Waals surface area contributed by atoms with Crippen LogP contribution in [-0.2, 0) is 4.79 Å². The van der Waals surface area contributed by atoms with Crippen molar-refractivity contribution < 1.29 is 13.9 Å². The lowest BCUT2D eigenvalue weighted by Crippen LogP contribution is -2.16. The maximum absolute atomic E-state index is 13.1. The van der Waals surface area contributed by atoms with Crippen LogP contribution in [0.1, 0.15) is 0 Å². The van der Waals surface area contributed by atoms with Gasteiger partial charge in [-0.2, -0.15) is 0 Å². The van der Waals surface area contributed by atoms with Gasteiger partial charge in [-0.25, -0.2) is 9.07 Å². The summed E-state index contributed by atoms with van der Waals surface area (Å²) in [6, 6.07) is 22.3. The van der Waals surface area contributed by atoms with Crippen LogP contribution in [0.25, 0.3) is 11.4 Å². The molecule has 156 valence electrons. The van der Waals surface area contributed by atoms with Crippen molar-refractivity contribution in [2.45, 2.75) is 5.16 Å². The van der Waals surface area contributed by atoms with Crippen molar-refractivity contribution in [3.8, 4) is 22.9 Å². The van der Waals surface area contributed by atoms with Gasteiger partial charge < -0.3 is 15.9 Å². The summed E-state index contributed by atoms with van der Waals surface area (Å²) in [5.41, 5.74) is 1.18. The molecule has 9 heteroatoms. The van der Waals surface area contributed by atoms with Crippen LogP contribution in [0.15, 0.2) is 84.0 Å². The molecule has 0 aliphatic heterocycles. The van der Waals surface area contributed by atoms with E-state index in [0.29, 0.717) is 33.7 Å². The maximum Gasteiger partial charge on any atom is 0.234 e. The first-order valence-corrected chi connectivity index (χ1v) is 10.3. The van der Waals surface area contributed by atoms with Crippen molar-refractivity contribution in [2.75, 3.05) is 16.9 Å². The molecular weight excluding hydrogens is 417 g/mol. The molecule has 1 amide bonds. The number of carbonyl (C=O) groups is 1. The van der Waals surface area contributed by atoms with Gasteiger partial charge in [0.1, 0.15) is 11.6 Å². The van der Waals surface area contributed by atoms with Gasteiger partial charge >= 0.3 is 0 Å². The number of carbonyl (C=O) groups excluding carboxylic acids is 1. The Morgan fingerprint density at radius 1 is 1.00 bits per heavy atom. The van der Waals surface area contributed by atoms with E-state index in [1.807, 2.05) is 42.5 Å². The molecule has 3 aromatic carbocycles. The average Bonchev–Trinajstić information content (AvgIpc) is 3.15. The lowest BCUT2D eigenvalue weighted by molar-refractivity contribution is -0.113. The summed E-state index contributed by atoms with van der Waals surface area (Å²) >= 11 is 1.14. The van der Waals surface area contributed by atoms with E-state index in [9.17, 15) is 9.18 Å². The van der Waals surface area contributed by atoms with Crippen LogP contribution >= 0.6 is 11.8 Å². The Morgan fingerprint density at radius 3 is 2.48 bits per heavy atom. The molecule has 1 aromatic heterocycles. The fraction of sp³-hybridized carbons (Fsp3) is 0.0455. The minimum atomic E-state index is -0.352. The molecule has 1 heterocycles. The quantitative estimate of drug-likeness (QED) is 0.332. The lowest BCUT2D eigenvalue weighted by atomic mass is 10.2. The summed E-state index contributed by atoms with van der Waals surface area (Å²) in [4.78, 5) is 12.5. The van der Waals surface area contributed by atoms with Gasteiger partial charge in [0.25, 0.3) is 0 Å². The SMILES string of the molecule is Nn1c(SCC(=O)Nc2ccccc2Oc2ccccc2)nnc1-c1ccc(F)cc1. The summed E-state index contributed by atoms with van der Waals surface area (Å²) in [5.74, 6) is 7.10. The zero-order valence-electron chi connectivity index (χ0n) is 16.2. The Labute approximate surface area is 182 Å². The molecule has 0 saturated heterocycles. The average molecular weight is 435 g/mol. The second kappa shape index (κ2) is 9.31. The first-order chi connectivity index (χ1) is 15.1. The second-order valence-corrected chi connectivity index (χ2v) is 7.37. The van der Waals surface area contributed by atoms with E-state index < -0.39 is 0 Å². The molecule has 0 radical (unpaired) electrons. The molecule has 0 saturated carbocycles. The first-order valence-electron chi connectivity index (χ1n) is 9.31. The highest BCUT2D eigenvalue weighted by Gasteiger charge is 2.15. The number of nitrogens with one attached hydrogen (secondary N) is 1. The number of benzene rings is 3. The van der Waals surface area contributed by atoms with Crippen molar-refractivity contribution in [3.05, 3.63) is 84.7 Å².